The molecule has 0 amide bonds. The summed E-state index contributed by atoms with van der Waals surface area (Å²) >= 11 is 0. The Kier molecular flexibility index (Phi) is 9.44. The quantitative estimate of drug-likeness (QED) is 0.136. The third-order valence-corrected chi connectivity index (χ3v) is 11.9. The maximum absolute atomic E-state index is 5.32. The molecule has 11 rings (SSSR count). The maximum Gasteiger partial charge on any atom is 0.160 e. The summed E-state index contributed by atoms with van der Waals surface area (Å²) in [7, 11) is 0. The van der Waals surface area contributed by atoms with Crippen LogP contribution in [0.3, 0.4) is 0 Å². The van der Waals surface area contributed by atoms with Crippen molar-refractivity contribution < 1.29 is 0 Å². The molecule has 0 aliphatic carbocycles. The number of hydrogen-bond donors (Lipinski definition) is 0. The van der Waals surface area contributed by atoms with E-state index in [1.807, 2.05) is 12.1 Å². The lowest BCUT2D eigenvalue weighted by Gasteiger charge is -2.20. The summed E-state index contributed by atoms with van der Waals surface area (Å²) in [4.78, 5) is 10.6. The van der Waals surface area contributed by atoms with Gasteiger partial charge in [0.2, 0.25) is 0 Å². The molecule has 62 heavy (non-hydrogen) atoms. The van der Waals surface area contributed by atoms with E-state index in [4.69, 9.17) is 9.97 Å². The van der Waals surface area contributed by atoms with Gasteiger partial charge < -0.3 is 9.13 Å². The second kappa shape index (κ2) is 15.8. The molecule has 4 heteroatoms. The highest BCUT2D eigenvalue weighted by Gasteiger charge is 2.24. The molecule has 3 heterocycles. The molecule has 0 saturated heterocycles. The molecule has 0 fully saturated rings. The van der Waals surface area contributed by atoms with Crippen molar-refractivity contribution in [2.75, 3.05) is 0 Å². The van der Waals surface area contributed by atoms with E-state index in [1.54, 1.807) is 0 Å². The number of hydrogen-bond acceptors (Lipinski definition) is 2. The van der Waals surface area contributed by atoms with Crippen LogP contribution >= 0.6 is 0 Å². The van der Waals surface area contributed by atoms with E-state index in [0.29, 0.717) is 12.2 Å². The van der Waals surface area contributed by atoms with Crippen molar-refractivity contribution in [3.05, 3.63) is 230 Å². The molecule has 0 spiro atoms. The summed E-state index contributed by atoms with van der Waals surface area (Å²) in [6.07, 6.45) is 9.26. The van der Waals surface area contributed by atoms with E-state index in [-0.39, 0.29) is 0 Å². The minimum absolute atomic E-state index is 0.684. The Morgan fingerprint density at radius 3 is 1.66 bits per heavy atom. The van der Waals surface area contributed by atoms with Crippen LogP contribution in [0.25, 0.3) is 100 Å². The van der Waals surface area contributed by atoms with E-state index < -0.39 is 0 Å². The fourth-order valence-corrected chi connectivity index (χ4v) is 9.15. The van der Waals surface area contributed by atoms with Crippen LogP contribution in [0.5, 0.6) is 0 Å². The number of nitrogens with zero attached hydrogens (tertiary/aromatic N) is 4. The van der Waals surface area contributed by atoms with E-state index in [2.05, 4.69) is 228 Å². The fraction of sp³-hybridized carbons (Fsp3) is 0.0345. The largest absolute Gasteiger partial charge is 0.309 e. The zero-order chi connectivity index (χ0) is 41.4. The molecule has 0 N–H and O–H groups in total. The Balaban J connectivity index is 1.25. The van der Waals surface area contributed by atoms with Gasteiger partial charge in [-0.2, -0.15) is 0 Å². The van der Waals surface area contributed by atoms with Crippen LogP contribution < -0.4 is 0 Å². The van der Waals surface area contributed by atoms with Gasteiger partial charge >= 0.3 is 0 Å². The zero-order valence-electron chi connectivity index (χ0n) is 34.4. The first-order valence-electron chi connectivity index (χ1n) is 21.3. The summed E-state index contributed by atoms with van der Waals surface area (Å²) in [6.45, 7) is 2.05. The van der Waals surface area contributed by atoms with Gasteiger partial charge in [-0.3, -0.25) is 0 Å². The highest BCUT2D eigenvalue weighted by atomic mass is 15.0. The average molecular weight is 795 g/mol. The molecule has 0 atom stereocenters. The Morgan fingerprint density at radius 1 is 0.452 bits per heavy atom. The summed E-state index contributed by atoms with van der Waals surface area (Å²) in [5.74, 6) is 0.684. The number of benzene rings is 8. The highest BCUT2D eigenvalue weighted by Crippen LogP contribution is 2.45. The number of rotatable bonds is 9. The molecule has 0 unspecified atom stereocenters. The number of aromatic nitrogens is 4. The Bertz CT molecular complexity index is 3410. The summed E-state index contributed by atoms with van der Waals surface area (Å²) < 4.78 is 4.96. The third kappa shape index (κ3) is 6.41. The zero-order valence-corrected chi connectivity index (χ0v) is 34.4. The first kappa shape index (κ1) is 37.0. The van der Waals surface area contributed by atoms with Crippen LogP contribution in [0.15, 0.2) is 224 Å². The van der Waals surface area contributed by atoms with Gasteiger partial charge in [-0.25, -0.2) is 9.97 Å². The van der Waals surface area contributed by atoms with E-state index in [1.165, 1.54) is 38.1 Å². The van der Waals surface area contributed by atoms with Gasteiger partial charge in [-0.05, 0) is 73.0 Å². The summed E-state index contributed by atoms with van der Waals surface area (Å²) in [5.41, 5.74) is 15.2. The second-order valence-electron chi connectivity index (χ2n) is 15.6. The van der Waals surface area contributed by atoms with Crippen molar-refractivity contribution in [3.63, 3.8) is 0 Å². The van der Waals surface area contributed by atoms with Crippen LogP contribution in [0, 0.1) is 0 Å². The lowest BCUT2D eigenvalue weighted by Crippen LogP contribution is -2.05. The average Bonchev–Trinajstić information content (AvgIpc) is 3.86. The standard InChI is InChI=1S/C58H42N4/c1-2-3-4-9-28-43-37-44(58-59-50(41-24-12-6-13-25-41)39-51(60-58)42-26-14-7-15-27-42)38-49(40-22-10-5-11-23-40)56(43)62-53-34-21-19-32-48(53)55-54(62)36-35-47-46-31-18-20-33-52(46)61(57(47)55)45-29-16-8-17-30-45/h2-27,29-39H,28H2,1H3/b3-2-,9-4-. The smallest absolute Gasteiger partial charge is 0.160 e. The first-order valence-corrected chi connectivity index (χ1v) is 21.3. The predicted molar refractivity (Wildman–Crippen MR) is 260 cm³/mol. The fourth-order valence-electron chi connectivity index (χ4n) is 9.15. The highest BCUT2D eigenvalue weighted by molar-refractivity contribution is 6.26. The molecule has 0 aliphatic rings. The lowest BCUT2D eigenvalue weighted by atomic mass is 9.94. The van der Waals surface area contributed by atoms with Gasteiger partial charge in [0, 0.05) is 49.5 Å². The van der Waals surface area contributed by atoms with Crippen LogP contribution in [-0.4, -0.2) is 19.1 Å². The van der Waals surface area contributed by atoms with Crippen LogP contribution in [-0.2, 0) is 6.42 Å². The Morgan fingerprint density at radius 2 is 1.02 bits per heavy atom. The minimum Gasteiger partial charge on any atom is -0.309 e. The van der Waals surface area contributed by atoms with Crippen molar-refractivity contribution in [3.8, 4) is 56.4 Å². The third-order valence-electron chi connectivity index (χ3n) is 11.9. The van der Waals surface area contributed by atoms with Crippen molar-refractivity contribution in [1.29, 1.82) is 0 Å². The number of allylic oxidation sites excluding steroid dienone is 4. The second-order valence-corrected chi connectivity index (χ2v) is 15.6. The lowest BCUT2D eigenvalue weighted by molar-refractivity contribution is 1.11. The van der Waals surface area contributed by atoms with Gasteiger partial charge in [0.25, 0.3) is 0 Å². The summed E-state index contributed by atoms with van der Waals surface area (Å²) in [6, 6.07) is 71.5. The van der Waals surface area contributed by atoms with Crippen molar-refractivity contribution in [2.45, 2.75) is 13.3 Å². The number of fused-ring (bicyclic) bond motifs is 7. The van der Waals surface area contributed by atoms with E-state index >= 15 is 0 Å². The van der Waals surface area contributed by atoms with Crippen molar-refractivity contribution in [2.24, 2.45) is 0 Å². The molecule has 8 aromatic carbocycles. The molecule has 4 nitrogen and oxygen atoms in total. The normalized spacial score (nSPS) is 11.9. The molecule has 0 saturated carbocycles. The molecular weight excluding hydrogens is 753 g/mol. The molecule has 0 aliphatic heterocycles. The van der Waals surface area contributed by atoms with Crippen molar-refractivity contribution >= 4 is 43.6 Å². The molecular formula is C58H42N4. The van der Waals surface area contributed by atoms with Gasteiger partial charge in [-0.1, -0.05) is 176 Å². The van der Waals surface area contributed by atoms with Gasteiger partial charge in [-0.15, -0.1) is 0 Å². The number of para-hydroxylation sites is 3. The van der Waals surface area contributed by atoms with Crippen LogP contribution in [0.1, 0.15) is 12.5 Å². The Labute approximate surface area is 361 Å². The van der Waals surface area contributed by atoms with Gasteiger partial charge in [0.1, 0.15) is 0 Å². The monoisotopic (exact) mass is 794 g/mol. The topological polar surface area (TPSA) is 35.6 Å². The molecule has 294 valence electrons. The molecule has 11 aromatic rings. The van der Waals surface area contributed by atoms with Gasteiger partial charge in [0.05, 0.1) is 39.1 Å². The molecule has 3 aromatic heterocycles. The van der Waals surface area contributed by atoms with Crippen molar-refractivity contribution in [1.82, 2.24) is 19.1 Å². The van der Waals surface area contributed by atoms with Crippen LogP contribution in [0.4, 0.5) is 0 Å². The minimum atomic E-state index is 0.684. The van der Waals surface area contributed by atoms with E-state index in [0.717, 1.165) is 61.6 Å². The maximum atomic E-state index is 5.32. The Hall–Kier alpha value is -8.08. The predicted octanol–water partition coefficient (Wildman–Crippen LogP) is 15.0. The van der Waals surface area contributed by atoms with E-state index in [9.17, 15) is 0 Å². The summed E-state index contributed by atoms with van der Waals surface area (Å²) in [5, 5.41) is 4.90. The SMILES string of the molecule is C/C=C\C=C/Cc1cc(-c2nc(-c3ccccc3)cc(-c3ccccc3)n2)cc(-c2ccccc2)c1-n1c2ccccc2c2c1ccc1c3ccccc3n(-c3ccccc3)c12. The molecule has 0 bridgehead atoms. The molecule has 0 radical (unpaired) electrons. The van der Waals surface area contributed by atoms with Crippen LogP contribution in [0.2, 0.25) is 0 Å². The first-order chi connectivity index (χ1) is 30.7. The van der Waals surface area contributed by atoms with Gasteiger partial charge in [0.15, 0.2) is 5.82 Å².